The van der Waals surface area contributed by atoms with E-state index in [-0.39, 0.29) is 17.9 Å². The molecule has 2 aliphatic carbocycles. The monoisotopic (exact) mass is 295 g/mol. The number of carbonyl (C=O) groups excluding carboxylic acids is 2. The van der Waals surface area contributed by atoms with Gasteiger partial charge in [0.25, 0.3) is 0 Å². The van der Waals surface area contributed by atoms with Gasteiger partial charge < -0.3 is 16.0 Å². The molecule has 3 N–H and O–H groups in total. The van der Waals surface area contributed by atoms with Crippen molar-refractivity contribution in [3.05, 3.63) is 0 Å². The number of urea groups is 1. The minimum atomic E-state index is -0.110. The van der Waals surface area contributed by atoms with Gasteiger partial charge in [0, 0.05) is 25.0 Å². The lowest BCUT2D eigenvalue weighted by Crippen LogP contribution is -2.45. The highest BCUT2D eigenvalue weighted by molar-refractivity contribution is 5.78. The predicted molar refractivity (Wildman–Crippen MR) is 82.9 cm³/mol. The summed E-state index contributed by atoms with van der Waals surface area (Å²) in [5, 5.41) is 8.77. The van der Waals surface area contributed by atoms with E-state index >= 15 is 0 Å². The maximum Gasteiger partial charge on any atom is 0.315 e. The van der Waals surface area contributed by atoms with Crippen LogP contribution >= 0.6 is 0 Å². The summed E-state index contributed by atoms with van der Waals surface area (Å²) in [6.45, 7) is 3.19. The topological polar surface area (TPSA) is 70.2 Å². The molecule has 0 heterocycles. The molecule has 0 unspecified atom stereocenters. The van der Waals surface area contributed by atoms with Crippen LogP contribution < -0.4 is 16.0 Å². The van der Waals surface area contributed by atoms with E-state index in [0.29, 0.717) is 25.0 Å². The first-order chi connectivity index (χ1) is 10.2. The van der Waals surface area contributed by atoms with Crippen LogP contribution in [0.2, 0.25) is 0 Å². The molecule has 120 valence electrons. The molecule has 2 rings (SSSR count). The Morgan fingerprint density at radius 1 is 0.905 bits per heavy atom. The average molecular weight is 295 g/mol. The largest absolute Gasteiger partial charge is 0.354 e. The molecule has 0 spiro atoms. The summed E-state index contributed by atoms with van der Waals surface area (Å²) in [5.41, 5.74) is 0. The van der Waals surface area contributed by atoms with Gasteiger partial charge in [0.05, 0.1) is 0 Å². The van der Waals surface area contributed by atoms with Crippen molar-refractivity contribution in [2.75, 3.05) is 13.1 Å². The quantitative estimate of drug-likeness (QED) is 0.680. The van der Waals surface area contributed by atoms with Crippen LogP contribution in [0.4, 0.5) is 4.79 Å². The first-order valence-electron chi connectivity index (χ1n) is 8.49. The van der Waals surface area contributed by atoms with Gasteiger partial charge in [0.1, 0.15) is 0 Å². The van der Waals surface area contributed by atoms with Crippen molar-refractivity contribution in [2.24, 2.45) is 11.8 Å². The predicted octanol–water partition coefficient (Wildman–Crippen LogP) is 2.17. The van der Waals surface area contributed by atoms with Crippen molar-refractivity contribution < 1.29 is 9.59 Å². The highest BCUT2D eigenvalue weighted by Crippen LogP contribution is 2.24. The van der Waals surface area contributed by atoms with Gasteiger partial charge in [-0.2, -0.15) is 0 Å². The second-order valence-corrected chi connectivity index (χ2v) is 6.54. The Balaban J connectivity index is 1.54. The zero-order valence-corrected chi connectivity index (χ0v) is 13.1. The minimum absolute atomic E-state index is 0.110. The van der Waals surface area contributed by atoms with Gasteiger partial charge >= 0.3 is 6.03 Å². The Morgan fingerprint density at radius 3 is 2.29 bits per heavy atom. The van der Waals surface area contributed by atoms with E-state index < -0.39 is 0 Å². The SMILES string of the molecule is C[C@@H]1CCC[C@@H]1NC(=O)NCCNC(=O)C1CCCCC1. The molecule has 5 nitrogen and oxygen atoms in total. The molecule has 5 heteroatoms. The van der Waals surface area contributed by atoms with Crippen LogP contribution in [0.25, 0.3) is 0 Å². The number of hydrogen-bond donors (Lipinski definition) is 3. The zero-order chi connectivity index (χ0) is 15.1. The molecule has 2 aliphatic rings. The molecule has 3 amide bonds. The summed E-state index contributed by atoms with van der Waals surface area (Å²) < 4.78 is 0. The van der Waals surface area contributed by atoms with Crippen molar-refractivity contribution in [1.29, 1.82) is 0 Å². The van der Waals surface area contributed by atoms with Gasteiger partial charge in [-0.25, -0.2) is 4.79 Å². The average Bonchev–Trinajstić information content (AvgIpc) is 2.89. The van der Waals surface area contributed by atoms with Gasteiger partial charge in [-0.1, -0.05) is 32.6 Å². The van der Waals surface area contributed by atoms with Crippen LogP contribution in [0.15, 0.2) is 0 Å². The van der Waals surface area contributed by atoms with Crippen LogP contribution in [0.5, 0.6) is 0 Å². The summed E-state index contributed by atoms with van der Waals surface area (Å²) >= 11 is 0. The molecule has 2 fully saturated rings. The molecular formula is C16H29N3O2. The lowest BCUT2D eigenvalue weighted by atomic mass is 9.89. The Labute approximate surface area is 127 Å². The van der Waals surface area contributed by atoms with E-state index in [2.05, 4.69) is 22.9 Å². The van der Waals surface area contributed by atoms with Gasteiger partial charge in [-0.05, 0) is 31.6 Å². The third kappa shape index (κ3) is 5.21. The van der Waals surface area contributed by atoms with E-state index in [9.17, 15) is 9.59 Å². The molecule has 0 aromatic carbocycles. The highest BCUT2D eigenvalue weighted by Gasteiger charge is 2.24. The molecule has 2 atom stereocenters. The number of hydrogen-bond acceptors (Lipinski definition) is 2. The van der Waals surface area contributed by atoms with E-state index in [0.717, 1.165) is 32.1 Å². The molecule has 0 aromatic heterocycles. The second-order valence-electron chi connectivity index (χ2n) is 6.54. The van der Waals surface area contributed by atoms with Crippen LogP contribution in [-0.2, 0) is 4.79 Å². The Morgan fingerprint density at radius 2 is 1.62 bits per heavy atom. The Hall–Kier alpha value is -1.26. The summed E-state index contributed by atoms with van der Waals surface area (Å²) in [5.74, 6) is 0.912. The maximum absolute atomic E-state index is 11.9. The number of amides is 3. The van der Waals surface area contributed by atoms with Crippen LogP contribution in [0.1, 0.15) is 58.3 Å². The minimum Gasteiger partial charge on any atom is -0.354 e. The van der Waals surface area contributed by atoms with Gasteiger partial charge in [0.2, 0.25) is 5.91 Å². The second kappa shape index (κ2) is 8.25. The third-order valence-electron chi connectivity index (χ3n) is 4.86. The first kappa shape index (κ1) is 16.1. The summed E-state index contributed by atoms with van der Waals surface area (Å²) in [4.78, 5) is 23.7. The van der Waals surface area contributed by atoms with Gasteiger partial charge in [-0.15, -0.1) is 0 Å². The smallest absolute Gasteiger partial charge is 0.315 e. The number of rotatable bonds is 5. The van der Waals surface area contributed by atoms with Crippen molar-refractivity contribution in [3.8, 4) is 0 Å². The van der Waals surface area contributed by atoms with E-state index in [1.807, 2.05) is 0 Å². The molecule has 0 aliphatic heterocycles. The van der Waals surface area contributed by atoms with Crippen LogP contribution in [-0.4, -0.2) is 31.1 Å². The molecule has 0 bridgehead atoms. The highest BCUT2D eigenvalue weighted by atomic mass is 16.2. The summed E-state index contributed by atoms with van der Waals surface area (Å²) in [6.07, 6.45) is 9.08. The van der Waals surface area contributed by atoms with Crippen LogP contribution in [0, 0.1) is 11.8 Å². The fourth-order valence-corrected chi connectivity index (χ4v) is 3.45. The van der Waals surface area contributed by atoms with Crippen molar-refractivity contribution in [1.82, 2.24) is 16.0 Å². The third-order valence-corrected chi connectivity index (χ3v) is 4.86. The van der Waals surface area contributed by atoms with E-state index in [4.69, 9.17) is 0 Å². The van der Waals surface area contributed by atoms with Crippen molar-refractivity contribution in [3.63, 3.8) is 0 Å². The standard InChI is InChI=1S/C16H29N3O2/c1-12-6-5-9-14(12)19-16(21)18-11-10-17-15(20)13-7-3-2-4-8-13/h12-14H,2-11H2,1H3,(H,17,20)(H2,18,19,21)/t12-,14+/m1/s1. The number of nitrogens with one attached hydrogen (secondary N) is 3. The molecule has 2 saturated carbocycles. The fourth-order valence-electron chi connectivity index (χ4n) is 3.45. The molecular weight excluding hydrogens is 266 g/mol. The van der Waals surface area contributed by atoms with Crippen LogP contribution in [0.3, 0.4) is 0 Å². The molecule has 0 radical (unpaired) electrons. The molecule has 0 saturated heterocycles. The van der Waals surface area contributed by atoms with Crippen molar-refractivity contribution in [2.45, 2.75) is 64.3 Å². The lowest BCUT2D eigenvalue weighted by Gasteiger charge is -2.21. The normalized spacial score (nSPS) is 26.3. The van der Waals surface area contributed by atoms with E-state index in [1.54, 1.807) is 0 Å². The van der Waals surface area contributed by atoms with E-state index in [1.165, 1.54) is 19.3 Å². The molecule has 0 aromatic rings. The Kier molecular flexibility index (Phi) is 6.33. The summed E-state index contributed by atoms with van der Waals surface area (Å²) in [7, 11) is 0. The van der Waals surface area contributed by atoms with Gasteiger partial charge in [-0.3, -0.25) is 4.79 Å². The first-order valence-corrected chi connectivity index (χ1v) is 8.49. The maximum atomic E-state index is 11.9. The Bertz CT molecular complexity index is 353. The van der Waals surface area contributed by atoms with Gasteiger partial charge in [0.15, 0.2) is 0 Å². The fraction of sp³-hybridized carbons (Fsp3) is 0.875. The molecule has 21 heavy (non-hydrogen) atoms. The lowest BCUT2D eigenvalue weighted by molar-refractivity contribution is -0.125. The van der Waals surface area contributed by atoms with Crippen molar-refractivity contribution >= 4 is 11.9 Å². The zero-order valence-electron chi connectivity index (χ0n) is 13.1. The number of carbonyl (C=O) groups is 2. The summed E-state index contributed by atoms with van der Waals surface area (Å²) in [6, 6.07) is 0.197.